The average Bonchev–Trinajstić information content (AvgIpc) is 2.75. The van der Waals surface area contributed by atoms with E-state index in [-0.39, 0.29) is 11.5 Å². The molecule has 7 heteroatoms. The summed E-state index contributed by atoms with van der Waals surface area (Å²) in [7, 11) is -4.14. The van der Waals surface area contributed by atoms with Gasteiger partial charge in [-0.25, -0.2) is 13.0 Å². The largest absolute Gasteiger partial charge is 0.748 e. The van der Waals surface area contributed by atoms with Crippen LogP contribution in [0.3, 0.4) is 0 Å². The van der Waals surface area contributed by atoms with Gasteiger partial charge in [-0.3, -0.25) is 9.79 Å². The second-order valence-corrected chi connectivity index (χ2v) is 9.08. The quantitative estimate of drug-likeness (QED) is 0.236. The number of nitrogens with zero attached hydrogens (tertiary/aromatic N) is 2. The summed E-state index contributed by atoms with van der Waals surface area (Å²) in [4.78, 5) is 17.3. The number of aromatic nitrogens is 1. The van der Waals surface area contributed by atoms with Crippen LogP contribution >= 0.6 is 0 Å². The number of hydrogen-bond acceptors (Lipinski definition) is 5. The van der Waals surface area contributed by atoms with E-state index in [9.17, 15) is 17.8 Å². The first-order valence-corrected chi connectivity index (χ1v) is 11.7. The van der Waals surface area contributed by atoms with Gasteiger partial charge in [0.25, 0.3) is 0 Å². The maximum absolute atomic E-state index is 12.9. The summed E-state index contributed by atoms with van der Waals surface area (Å²) < 4.78 is 33.8. The van der Waals surface area contributed by atoms with Crippen molar-refractivity contribution in [3.05, 3.63) is 83.2 Å². The van der Waals surface area contributed by atoms with Gasteiger partial charge in [0.15, 0.2) is 18.2 Å². The van der Waals surface area contributed by atoms with E-state index < -0.39 is 10.1 Å². The van der Waals surface area contributed by atoms with E-state index in [2.05, 4.69) is 4.99 Å². The lowest BCUT2D eigenvalue weighted by Gasteiger charge is -2.15. The van der Waals surface area contributed by atoms with Gasteiger partial charge >= 0.3 is 0 Å². The van der Waals surface area contributed by atoms with Crippen LogP contribution in [0.2, 0.25) is 0 Å². The fraction of sp³-hybridized carbons (Fsp3) is 0.208. The molecule has 0 spiro atoms. The third-order valence-corrected chi connectivity index (χ3v) is 6.07. The second kappa shape index (κ2) is 8.91. The van der Waals surface area contributed by atoms with E-state index in [4.69, 9.17) is 0 Å². The van der Waals surface area contributed by atoms with Crippen molar-refractivity contribution in [3.8, 4) is 0 Å². The van der Waals surface area contributed by atoms with Crippen LogP contribution in [-0.2, 0) is 16.7 Å². The van der Waals surface area contributed by atoms with Crippen molar-refractivity contribution in [1.29, 1.82) is 0 Å². The molecule has 1 aliphatic carbocycles. The Balaban J connectivity index is 1.38. The van der Waals surface area contributed by atoms with Crippen LogP contribution in [0.4, 0.5) is 0 Å². The highest BCUT2D eigenvalue weighted by atomic mass is 32.2. The molecular weight excluding hydrogens is 412 g/mol. The molecule has 0 saturated carbocycles. The molecule has 1 aromatic heterocycles. The lowest BCUT2D eigenvalue weighted by atomic mass is 9.88. The number of carbonyl (C=O) groups is 1. The number of pyridine rings is 1. The summed E-state index contributed by atoms with van der Waals surface area (Å²) in [6.07, 6.45) is 8.40. The first-order valence-electron chi connectivity index (χ1n) is 10.1. The summed E-state index contributed by atoms with van der Waals surface area (Å²) in [5, 5.41) is 2.07. The molecule has 4 rings (SSSR count). The van der Waals surface area contributed by atoms with Gasteiger partial charge in [-0.05, 0) is 23.4 Å². The smallest absolute Gasteiger partial charge is 0.191 e. The Bertz CT molecular complexity index is 1290. The zero-order valence-corrected chi connectivity index (χ0v) is 17.7. The van der Waals surface area contributed by atoms with Gasteiger partial charge in [0, 0.05) is 52.6 Å². The fourth-order valence-corrected chi connectivity index (χ4v) is 4.31. The van der Waals surface area contributed by atoms with Crippen molar-refractivity contribution in [2.45, 2.75) is 19.4 Å². The molecule has 1 aliphatic rings. The normalized spacial score (nSPS) is 13.7. The van der Waals surface area contributed by atoms with E-state index in [0.717, 1.165) is 27.5 Å². The predicted octanol–water partition coefficient (Wildman–Crippen LogP) is 3.15. The SMILES string of the molecule is O=C1C(CN=Cc2cc[n+](CCCCS(=O)(=O)[O-])cc2)=Cc2cccc3cccc1c23. The van der Waals surface area contributed by atoms with Gasteiger partial charge in [0.05, 0.1) is 16.7 Å². The number of Topliss-reactive ketones (excluding diaryl/α,β-unsaturated/α-hetero) is 1. The molecule has 3 aromatic rings. The van der Waals surface area contributed by atoms with Crippen LogP contribution in [0.1, 0.15) is 34.3 Å². The molecule has 0 bridgehead atoms. The van der Waals surface area contributed by atoms with Gasteiger partial charge in [-0.2, -0.15) is 0 Å². The standard InChI is InChI=1S/C24H22N2O4S/c27-24-21(15-20-7-3-5-19-6-4-8-22(24)23(19)20)17-25-16-18-9-12-26(13-10-18)11-1-2-14-31(28,29)30/h3-10,12-13,15-16H,1-2,11,14,17H2. The van der Waals surface area contributed by atoms with Crippen molar-refractivity contribution >= 4 is 39.0 Å². The summed E-state index contributed by atoms with van der Waals surface area (Å²) in [6.45, 7) is 0.946. The van der Waals surface area contributed by atoms with E-state index in [1.165, 1.54) is 0 Å². The Hall–Kier alpha value is -3.16. The number of unbranched alkanes of at least 4 members (excludes halogenated alkanes) is 1. The molecule has 0 N–H and O–H groups in total. The third-order valence-electron chi connectivity index (χ3n) is 5.28. The van der Waals surface area contributed by atoms with Crippen LogP contribution in [0, 0.1) is 0 Å². The van der Waals surface area contributed by atoms with Crippen molar-refractivity contribution in [3.63, 3.8) is 0 Å². The molecule has 0 unspecified atom stereocenters. The van der Waals surface area contributed by atoms with Crippen LogP contribution in [0.25, 0.3) is 16.8 Å². The summed E-state index contributed by atoms with van der Waals surface area (Å²) in [5.74, 6) is -0.307. The zero-order chi connectivity index (χ0) is 21.8. The first-order chi connectivity index (χ1) is 14.9. The second-order valence-electron chi connectivity index (χ2n) is 7.56. The number of carbonyl (C=O) groups excluding carboxylic acids is 1. The Morgan fingerprint density at radius 3 is 2.48 bits per heavy atom. The number of hydrogen-bond donors (Lipinski definition) is 0. The minimum atomic E-state index is -4.14. The minimum absolute atomic E-state index is 0.0208. The maximum atomic E-state index is 12.9. The van der Waals surface area contributed by atoms with E-state index in [1.54, 1.807) is 6.21 Å². The zero-order valence-electron chi connectivity index (χ0n) is 16.9. The summed E-state index contributed by atoms with van der Waals surface area (Å²) in [6, 6.07) is 15.6. The number of benzene rings is 2. The van der Waals surface area contributed by atoms with Crippen LogP contribution in [0.5, 0.6) is 0 Å². The fourth-order valence-electron chi connectivity index (χ4n) is 3.75. The Kier molecular flexibility index (Phi) is 6.06. The molecule has 6 nitrogen and oxygen atoms in total. The molecule has 0 saturated heterocycles. The minimum Gasteiger partial charge on any atom is -0.748 e. The highest BCUT2D eigenvalue weighted by molar-refractivity contribution is 7.85. The maximum Gasteiger partial charge on any atom is 0.191 e. The Morgan fingerprint density at radius 1 is 1.00 bits per heavy atom. The van der Waals surface area contributed by atoms with E-state index >= 15 is 0 Å². The van der Waals surface area contributed by atoms with Gasteiger partial charge < -0.3 is 4.55 Å². The van der Waals surface area contributed by atoms with Gasteiger partial charge in [0.2, 0.25) is 0 Å². The molecule has 0 atom stereocenters. The molecule has 31 heavy (non-hydrogen) atoms. The molecule has 0 aliphatic heterocycles. The van der Waals surface area contributed by atoms with E-state index in [1.807, 2.05) is 71.6 Å². The average molecular weight is 435 g/mol. The Labute approximate surface area is 181 Å². The lowest BCUT2D eigenvalue weighted by molar-refractivity contribution is -0.697. The molecule has 1 heterocycles. The molecule has 0 amide bonds. The highest BCUT2D eigenvalue weighted by Gasteiger charge is 2.20. The van der Waals surface area contributed by atoms with Crippen LogP contribution in [0.15, 0.2) is 71.5 Å². The lowest BCUT2D eigenvalue weighted by Crippen LogP contribution is -2.32. The van der Waals surface area contributed by atoms with Crippen molar-refractivity contribution in [1.82, 2.24) is 0 Å². The van der Waals surface area contributed by atoms with Crippen molar-refractivity contribution in [2.24, 2.45) is 4.99 Å². The molecule has 158 valence electrons. The highest BCUT2D eigenvalue weighted by Crippen LogP contribution is 2.31. The molecular formula is C24H22N2O4S. The number of aryl methyl sites for hydroxylation is 1. The van der Waals surface area contributed by atoms with Crippen molar-refractivity contribution in [2.75, 3.05) is 12.3 Å². The summed E-state index contributed by atoms with van der Waals surface area (Å²) in [5.41, 5.74) is 3.35. The van der Waals surface area contributed by atoms with Gasteiger partial charge in [-0.15, -0.1) is 0 Å². The van der Waals surface area contributed by atoms with E-state index in [0.29, 0.717) is 31.5 Å². The monoisotopic (exact) mass is 434 g/mol. The van der Waals surface area contributed by atoms with Gasteiger partial charge in [0.1, 0.15) is 6.54 Å². The van der Waals surface area contributed by atoms with Crippen LogP contribution in [-0.4, -0.2) is 37.3 Å². The molecule has 0 radical (unpaired) electrons. The molecule has 0 fully saturated rings. The predicted molar refractivity (Wildman–Crippen MR) is 119 cm³/mol. The Morgan fingerprint density at radius 2 is 1.74 bits per heavy atom. The van der Waals surface area contributed by atoms with Crippen LogP contribution < -0.4 is 4.57 Å². The third kappa shape index (κ3) is 5.13. The van der Waals surface area contributed by atoms with Gasteiger partial charge in [-0.1, -0.05) is 36.4 Å². The topological polar surface area (TPSA) is 90.5 Å². The number of ketones is 1. The number of rotatable bonds is 8. The summed E-state index contributed by atoms with van der Waals surface area (Å²) >= 11 is 0. The molecule has 2 aromatic carbocycles. The number of aliphatic imine (C=N–C) groups is 1. The van der Waals surface area contributed by atoms with Crippen molar-refractivity contribution < 1.29 is 22.3 Å². The first kappa shape index (κ1) is 21.1.